The van der Waals surface area contributed by atoms with E-state index in [-0.39, 0.29) is 10.7 Å². The fourth-order valence-electron chi connectivity index (χ4n) is 2.30. The van der Waals surface area contributed by atoms with Gasteiger partial charge >= 0.3 is 0 Å². The van der Waals surface area contributed by atoms with Gasteiger partial charge in [0.15, 0.2) is 10.4 Å². The molecule has 0 fully saturated rings. The standard InChI is InChI=1S/C16H14N2O4S2/c1-10-6-8-11(9-7-10)14(24(20,21)22)15(19)18-16-17-12-4-2-3-5-13(12)23-16/h2-9,14H,1H3,(H,17,18,19)(H,20,21,22). The molecule has 0 saturated heterocycles. The van der Waals surface area contributed by atoms with Gasteiger partial charge in [0, 0.05) is 0 Å². The fraction of sp³-hybridized carbons (Fsp3) is 0.125. The van der Waals surface area contributed by atoms with E-state index in [4.69, 9.17) is 0 Å². The number of fused-ring (bicyclic) bond motifs is 1. The van der Waals surface area contributed by atoms with E-state index in [1.807, 2.05) is 25.1 Å². The van der Waals surface area contributed by atoms with Gasteiger partial charge in [-0.05, 0) is 24.6 Å². The molecule has 3 rings (SSSR count). The first-order valence-corrected chi connectivity index (χ1v) is 9.36. The average molecular weight is 362 g/mol. The van der Waals surface area contributed by atoms with Crippen molar-refractivity contribution in [2.75, 3.05) is 5.32 Å². The molecule has 2 aromatic carbocycles. The molecule has 0 saturated carbocycles. The first kappa shape index (κ1) is 16.6. The molecule has 0 radical (unpaired) electrons. The molecule has 1 unspecified atom stereocenters. The van der Waals surface area contributed by atoms with Crippen molar-refractivity contribution < 1.29 is 17.8 Å². The number of amides is 1. The summed E-state index contributed by atoms with van der Waals surface area (Å²) in [5.41, 5.74) is 1.82. The number of nitrogens with one attached hydrogen (secondary N) is 1. The summed E-state index contributed by atoms with van der Waals surface area (Å²) in [6.07, 6.45) is 0. The lowest BCUT2D eigenvalue weighted by Crippen LogP contribution is -2.27. The van der Waals surface area contributed by atoms with Crippen LogP contribution in [0.1, 0.15) is 16.4 Å². The largest absolute Gasteiger partial charge is 0.300 e. The van der Waals surface area contributed by atoms with Crippen LogP contribution in [0.25, 0.3) is 10.2 Å². The third-order valence-corrected chi connectivity index (χ3v) is 5.47. The molecule has 6 nitrogen and oxygen atoms in total. The van der Waals surface area contributed by atoms with Crippen molar-refractivity contribution in [3.63, 3.8) is 0 Å². The average Bonchev–Trinajstić information content (AvgIpc) is 2.90. The van der Waals surface area contributed by atoms with Crippen LogP contribution in [0.4, 0.5) is 5.13 Å². The van der Waals surface area contributed by atoms with Crippen molar-refractivity contribution in [1.82, 2.24) is 4.98 Å². The van der Waals surface area contributed by atoms with Crippen LogP contribution in [-0.2, 0) is 14.9 Å². The van der Waals surface area contributed by atoms with E-state index in [2.05, 4.69) is 10.3 Å². The number of hydrogen-bond donors (Lipinski definition) is 2. The summed E-state index contributed by atoms with van der Waals surface area (Å²) in [4.78, 5) is 16.7. The highest BCUT2D eigenvalue weighted by Gasteiger charge is 2.33. The van der Waals surface area contributed by atoms with Crippen molar-refractivity contribution in [3.05, 3.63) is 59.7 Å². The van der Waals surface area contributed by atoms with Crippen LogP contribution in [0.5, 0.6) is 0 Å². The van der Waals surface area contributed by atoms with E-state index in [9.17, 15) is 17.8 Å². The number of aromatic nitrogens is 1. The SMILES string of the molecule is Cc1ccc(C(C(=O)Nc2nc3ccccc3s2)S(=O)(=O)O)cc1. The summed E-state index contributed by atoms with van der Waals surface area (Å²) in [6.45, 7) is 1.84. The van der Waals surface area contributed by atoms with E-state index in [0.29, 0.717) is 5.52 Å². The van der Waals surface area contributed by atoms with E-state index in [1.54, 1.807) is 18.2 Å². The second-order valence-corrected chi connectivity index (χ2v) is 7.81. The summed E-state index contributed by atoms with van der Waals surface area (Å²) >= 11 is 1.23. The maximum Gasteiger partial charge on any atom is 0.281 e. The van der Waals surface area contributed by atoms with E-state index < -0.39 is 21.3 Å². The Balaban J connectivity index is 1.93. The summed E-state index contributed by atoms with van der Waals surface area (Å²) < 4.78 is 33.7. The minimum atomic E-state index is -4.62. The molecule has 0 aliphatic heterocycles. The molecule has 124 valence electrons. The molecule has 1 aromatic heterocycles. The van der Waals surface area contributed by atoms with Crippen LogP contribution in [-0.4, -0.2) is 23.9 Å². The highest BCUT2D eigenvalue weighted by atomic mass is 32.2. The van der Waals surface area contributed by atoms with Crippen LogP contribution < -0.4 is 5.32 Å². The molecule has 8 heteroatoms. The molecule has 0 bridgehead atoms. The smallest absolute Gasteiger partial charge is 0.281 e. The minimum Gasteiger partial charge on any atom is -0.300 e. The summed E-state index contributed by atoms with van der Waals surface area (Å²) in [5, 5.41) is 1.06. The molecule has 3 aromatic rings. The summed E-state index contributed by atoms with van der Waals surface area (Å²) in [7, 11) is -4.62. The van der Waals surface area contributed by atoms with Crippen molar-refractivity contribution in [2.24, 2.45) is 0 Å². The Kier molecular flexibility index (Phi) is 4.35. The van der Waals surface area contributed by atoms with E-state index in [0.717, 1.165) is 10.3 Å². The Morgan fingerprint density at radius 3 is 2.46 bits per heavy atom. The number of benzene rings is 2. The van der Waals surface area contributed by atoms with Crippen molar-refractivity contribution in [2.45, 2.75) is 12.2 Å². The van der Waals surface area contributed by atoms with Crippen molar-refractivity contribution in [3.8, 4) is 0 Å². The van der Waals surface area contributed by atoms with Crippen molar-refractivity contribution in [1.29, 1.82) is 0 Å². The van der Waals surface area contributed by atoms with Gasteiger partial charge in [-0.3, -0.25) is 9.35 Å². The quantitative estimate of drug-likeness (QED) is 0.695. The lowest BCUT2D eigenvalue weighted by atomic mass is 10.1. The van der Waals surface area contributed by atoms with E-state index >= 15 is 0 Å². The van der Waals surface area contributed by atoms with Gasteiger partial charge in [-0.1, -0.05) is 53.3 Å². The minimum absolute atomic E-state index is 0.196. The van der Waals surface area contributed by atoms with Crippen LogP contribution in [0.3, 0.4) is 0 Å². The molecule has 0 aliphatic rings. The molecular weight excluding hydrogens is 348 g/mol. The first-order valence-electron chi connectivity index (χ1n) is 7.04. The third kappa shape index (κ3) is 3.45. The number of para-hydroxylation sites is 1. The van der Waals surface area contributed by atoms with Crippen molar-refractivity contribution >= 4 is 42.7 Å². The van der Waals surface area contributed by atoms with Gasteiger partial charge in [0.2, 0.25) is 0 Å². The van der Waals surface area contributed by atoms with Gasteiger partial charge in [0.05, 0.1) is 10.2 Å². The predicted octanol–water partition coefficient (Wildman–Crippen LogP) is 3.17. The number of rotatable bonds is 4. The van der Waals surface area contributed by atoms with Crippen LogP contribution in [0, 0.1) is 6.92 Å². The highest BCUT2D eigenvalue weighted by molar-refractivity contribution is 7.86. The Labute approximate surface area is 142 Å². The second-order valence-electron chi connectivity index (χ2n) is 5.28. The van der Waals surface area contributed by atoms with E-state index in [1.165, 1.54) is 23.5 Å². The fourth-order valence-corrected chi connectivity index (χ4v) is 4.00. The Morgan fingerprint density at radius 1 is 1.17 bits per heavy atom. The lowest BCUT2D eigenvalue weighted by molar-refractivity contribution is -0.116. The first-order chi connectivity index (χ1) is 11.3. The molecular formula is C16H14N2O4S2. The predicted molar refractivity (Wildman–Crippen MR) is 93.7 cm³/mol. The van der Waals surface area contributed by atoms with Crippen LogP contribution in [0.2, 0.25) is 0 Å². The maximum atomic E-state index is 12.4. The topological polar surface area (TPSA) is 96.4 Å². The Hall–Kier alpha value is -2.29. The molecule has 1 atom stereocenters. The van der Waals surface area contributed by atoms with Gasteiger partial charge in [-0.2, -0.15) is 8.42 Å². The lowest BCUT2D eigenvalue weighted by Gasteiger charge is -2.13. The number of carbonyl (C=O) groups is 1. The molecule has 1 heterocycles. The Morgan fingerprint density at radius 2 is 1.83 bits per heavy atom. The van der Waals surface area contributed by atoms with Gasteiger partial charge in [-0.15, -0.1) is 0 Å². The zero-order valence-electron chi connectivity index (χ0n) is 12.6. The zero-order valence-corrected chi connectivity index (χ0v) is 14.3. The molecule has 1 amide bonds. The molecule has 24 heavy (non-hydrogen) atoms. The number of anilines is 1. The summed E-state index contributed by atoms with van der Waals surface area (Å²) in [5.74, 6) is -0.847. The molecule has 0 aliphatic carbocycles. The number of nitrogens with zero attached hydrogens (tertiary/aromatic N) is 1. The van der Waals surface area contributed by atoms with Gasteiger partial charge < -0.3 is 5.32 Å². The molecule has 0 spiro atoms. The normalized spacial score (nSPS) is 12.9. The zero-order chi connectivity index (χ0) is 17.3. The third-order valence-electron chi connectivity index (χ3n) is 3.44. The van der Waals surface area contributed by atoms with Crippen LogP contribution >= 0.6 is 11.3 Å². The van der Waals surface area contributed by atoms with Gasteiger partial charge in [0.1, 0.15) is 0 Å². The molecule has 2 N–H and O–H groups in total. The number of aryl methyl sites for hydroxylation is 1. The number of carbonyl (C=O) groups excluding carboxylic acids is 1. The van der Waals surface area contributed by atoms with Crippen LogP contribution in [0.15, 0.2) is 48.5 Å². The second kappa shape index (κ2) is 6.31. The monoisotopic (exact) mass is 362 g/mol. The van der Waals surface area contributed by atoms with Gasteiger partial charge in [0.25, 0.3) is 16.0 Å². The van der Waals surface area contributed by atoms with Gasteiger partial charge in [-0.25, -0.2) is 4.98 Å². The highest BCUT2D eigenvalue weighted by Crippen LogP contribution is 2.28. The number of thiazole rings is 1. The summed E-state index contributed by atoms with van der Waals surface area (Å²) in [6, 6.07) is 13.7. The Bertz CT molecular complexity index is 961. The maximum absolute atomic E-state index is 12.4. The number of hydrogen-bond acceptors (Lipinski definition) is 5.